The van der Waals surface area contributed by atoms with Crippen LogP contribution < -0.4 is 5.73 Å². The molecule has 0 aliphatic carbocycles. The molecule has 0 saturated heterocycles. The Bertz CT molecular complexity index is 814. The number of amides is 2. The predicted molar refractivity (Wildman–Crippen MR) is 89.7 cm³/mol. The molecule has 2 amide bonds. The number of nitrogens with zero attached hydrogens (tertiary/aromatic N) is 1. The van der Waals surface area contributed by atoms with Gasteiger partial charge in [0.15, 0.2) is 6.10 Å². The Morgan fingerprint density at radius 3 is 2.50 bits per heavy atom. The van der Waals surface area contributed by atoms with E-state index >= 15 is 0 Å². The van der Waals surface area contributed by atoms with Crippen LogP contribution in [0.4, 0.5) is 13.6 Å². The van der Waals surface area contributed by atoms with E-state index < -0.39 is 29.7 Å². The summed E-state index contributed by atoms with van der Waals surface area (Å²) in [6.07, 6.45) is -2.80. The van der Waals surface area contributed by atoms with Gasteiger partial charge in [-0.1, -0.05) is 30.3 Å². The minimum atomic E-state index is -1.37. The molecule has 138 valence electrons. The minimum Gasteiger partial charge on any atom is -0.436 e. The van der Waals surface area contributed by atoms with Crippen LogP contribution in [0.5, 0.6) is 0 Å². The number of benzene rings is 2. The first-order chi connectivity index (χ1) is 12.3. The summed E-state index contributed by atoms with van der Waals surface area (Å²) < 4.78 is 33.1. The molecule has 0 heterocycles. The normalized spacial score (nSPS) is 11.7. The summed E-state index contributed by atoms with van der Waals surface area (Å²) in [6.45, 7) is 0. The Morgan fingerprint density at radius 2 is 1.88 bits per heavy atom. The van der Waals surface area contributed by atoms with E-state index in [1.54, 1.807) is 12.1 Å². The van der Waals surface area contributed by atoms with Crippen molar-refractivity contribution in [2.45, 2.75) is 12.5 Å². The number of carbonyl (C=O) groups excluding carboxylic acids is 2. The van der Waals surface area contributed by atoms with Crippen molar-refractivity contribution in [2.75, 3.05) is 14.2 Å². The fourth-order valence-corrected chi connectivity index (χ4v) is 2.43. The highest BCUT2D eigenvalue weighted by atomic mass is 19.1. The Hall–Kier alpha value is -3.00. The Labute approximate surface area is 149 Å². The van der Waals surface area contributed by atoms with Crippen molar-refractivity contribution in [1.29, 1.82) is 0 Å². The molecule has 6 nitrogen and oxygen atoms in total. The lowest BCUT2D eigenvalue weighted by molar-refractivity contribution is -0.177. The third-order valence-corrected chi connectivity index (χ3v) is 3.74. The average Bonchev–Trinajstić information content (AvgIpc) is 2.61. The van der Waals surface area contributed by atoms with Gasteiger partial charge in [-0.2, -0.15) is 0 Å². The maximum atomic E-state index is 14.9. The molecule has 0 fully saturated rings. The molecule has 26 heavy (non-hydrogen) atoms. The fourth-order valence-electron chi connectivity index (χ4n) is 2.43. The second-order valence-electron chi connectivity index (χ2n) is 5.44. The molecule has 1 unspecified atom stereocenters. The van der Waals surface area contributed by atoms with Crippen LogP contribution in [-0.2, 0) is 20.8 Å². The zero-order valence-electron chi connectivity index (χ0n) is 14.2. The first kappa shape index (κ1) is 19.3. The summed E-state index contributed by atoms with van der Waals surface area (Å²) in [5.41, 5.74) is 5.61. The van der Waals surface area contributed by atoms with E-state index in [1.165, 1.54) is 44.5 Å². The number of hydroxylamine groups is 2. The third-order valence-electron chi connectivity index (χ3n) is 3.74. The van der Waals surface area contributed by atoms with Crippen molar-refractivity contribution in [3.05, 3.63) is 59.7 Å². The topological polar surface area (TPSA) is 81.9 Å². The van der Waals surface area contributed by atoms with Crippen molar-refractivity contribution < 1.29 is 27.9 Å². The summed E-state index contributed by atoms with van der Waals surface area (Å²) in [7, 11) is 2.57. The molecule has 2 aromatic rings. The molecular formula is C18H18F2N2O4. The number of hydrogen-bond donors (Lipinski definition) is 1. The van der Waals surface area contributed by atoms with Gasteiger partial charge >= 0.3 is 6.09 Å². The van der Waals surface area contributed by atoms with Gasteiger partial charge in [-0.05, 0) is 23.3 Å². The number of nitrogens with two attached hydrogens (primary N) is 1. The fraction of sp³-hybridized carbons (Fsp3) is 0.222. The summed E-state index contributed by atoms with van der Waals surface area (Å²) >= 11 is 0. The van der Waals surface area contributed by atoms with E-state index in [0.717, 1.165) is 5.06 Å². The molecule has 0 radical (unpaired) electrons. The number of ether oxygens (including phenoxy) is 1. The van der Waals surface area contributed by atoms with Crippen molar-refractivity contribution in [3.8, 4) is 11.1 Å². The number of hydrogen-bond acceptors (Lipinski definition) is 4. The maximum absolute atomic E-state index is 14.9. The van der Waals surface area contributed by atoms with Crippen molar-refractivity contribution >= 4 is 12.0 Å². The lowest BCUT2D eigenvalue weighted by atomic mass is 9.98. The Kier molecular flexibility index (Phi) is 6.24. The molecule has 2 N–H and O–H groups in total. The van der Waals surface area contributed by atoms with Crippen LogP contribution in [0.3, 0.4) is 0 Å². The van der Waals surface area contributed by atoms with E-state index in [2.05, 4.69) is 0 Å². The Balaban J connectivity index is 2.36. The minimum absolute atomic E-state index is 0.107. The predicted octanol–water partition coefficient (Wildman–Crippen LogP) is 2.66. The van der Waals surface area contributed by atoms with Crippen LogP contribution in [0.1, 0.15) is 5.56 Å². The molecule has 0 bridgehead atoms. The standard InChI is InChI=1S/C18H18F2N2O4/c1-22(25-2)17(23)15(26-18(21)24)10-12-6-4-8-14(16(12)20)11-5-3-7-13(19)9-11/h3-9,15H,10H2,1-2H3,(H2,21,24). The van der Waals surface area contributed by atoms with Crippen LogP contribution in [0.2, 0.25) is 0 Å². The second kappa shape index (κ2) is 8.39. The highest BCUT2D eigenvalue weighted by molar-refractivity contribution is 5.82. The van der Waals surface area contributed by atoms with E-state index in [0.29, 0.717) is 5.56 Å². The molecule has 0 spiro atoms. The summed E-state index contributed by atoms with van der Waals surface area (Å²) in [6, 6.07) is 9.96. The molecule has 2 rings (SSSR count). The summed E-state index contributed by atoms with van der Waals surface area (Å²) in [4.78, 5) is 28.1. The van der Waals surface area contributed by atoms with Gasteiger partial charge in [-0.15, -0.1) is 0 Å². The average molecular weight is 364 g/mol. The van der Waals surface area contributed by atoms with Gasteiger partial charge in [0.05, 0.1) is 7.11 Å². The van der Waals surface area contributed by atoms with Crippen LogP contribution >= 0.6 is 0 Å². The van der Waals surface area contributed by atoms with E-state index in [9.17, 15) is 18.4 Å². The lowest BCUT2D eigenvalue weighted by Crippen LogP contribution is -2.41. The number of likely N-dealkylation sites (N-methyl/N-ethyl adjacent to an activating group) is 1. The highest BCUT2D eigenvalue weighted by Crippen LogP contribution is 2.26. The first-order valence-corrected chi connectivity index (χ1v) is 7.64. The quantitative estimate of drug-likeness (QED) is 0.799. The maximum Gasteiger partial charge on any atom is 0.405 e. The van der Waals surface area contributed by atoms with Gasteiger partial charge in [-0.25, -0.2) is 18.6 Å². The number of rotatable bonds is 6. The van der Waals surface area contributed by atoms with Crippen molar-refractivity contribution in [1.82, 2.24) is 5.06 Å². The number of primary amides is 1. The van der Waals surface area contributed by atoms with Crippen molar-refractivity contribution in [2.24, 2.45) is 5.73 Å². The van der Waals surface area contributed by atoms with Crippen LogP contribution in [0.15, 0.2) is 42.5 Å². The lowest BCUT2D eigenvalue weighted by Gasteiger charge is -2.21. The Morgan fingerprint density at radius 1 is 1.19 bits per heavy atom. The largest absolute Gasteiger partial charge is 0.436 e. The molecule has 2 aromatic carbocycles. The van der Waals surface area contributed by atoms with Gasteiger partial charge in [0.1, 0.15) is 11.6 Å². The van der Waals surface area contributed by atoms with Gasteiger partial charge < -0.3 is 10.5 Å². The van der Waals surface area contributed by atoms with Crippen molar-refractivity contribution in [3.63, 3.8) is 0 Å². The molecule has 8 heteroatoms. The smallest absolute Gasteiger partial charge is 0.405 e. The van der Waals surface area contributed by atoms with E-state index in [4.69, 9.17) is 15.3 Å². The van der Waals surface area contributed by atoms with Gasteiger partial charge in [0.25, 0.3) is 5.91 Å². The zero-order valence-corrected chi connectivity index (χ0v) is 14.2. The van der Waals surface area contributed by atoms with Crippen LogP contribution in [0.25, 0.3) is 11.1 Å². The highest BCUT2D eigenvalue weighted by Gasteiger charge is 2.27. The first-order valence-electron chi connectivity index (χ1n) is 7.64. The van der Waals surface area contributed by atoms with E-state index in [1.807, 2.05) is 0 Å². The molecule has 1 atom stereocenters. The molecule has 0 aromatic heterocycles. The van der Waals surface area contributed by atoms with Gasteiger partial charge in [-0.3, -0.25) is 9.63 Å². The summed E-state index contributed by atoms with van der Waals surface area (Å²) in [5, 5.41) is 0.849. The molecule has 0 saturated carbocycles. The number of carbonyl (C=O) groups is 2. The molecule has 0 aliphatic rings. The van der Waals surface area contributed by atoms with Gasteiger partial charge in [0.2, 0.25) is 0 Å². The number of halogens is 2. The third kappa shape index (κ3) is 4.54. The molecular weight excluding hydrogens is 346 g/mol. The SMILES string of the molecule is CON(C)C(=O)C(Cc1cccc(-c2cccc(F)c2)c1F)OC(N)=O. The second-order valence-corrected chi connectivity index (χ2v) is 5.44. The zero-order chi connectivity index (χ0) is 19.3. The van der Waals surface area contributed by atoms with E-state index in [-0.39, 0.29) is 17.5 Å². The molecule has 0 aliphatic heterocycles. The van der Waals surface area contributed by atoms with Crippen LogP contribution in [0, 0.1) is 11.6 Å². The summed E-state index contributed by atoms with van der Waals surface area (Å²) in [5.74, 6) is -1.86. The van der Waals surface area contributed by atoms with Crippen LogP contribution in [-0.4, -0.2) is 37.3 Å². The monoisotopic (exact) mass is 364 g/mol. The van der Waals surface area contributed by atoms with Gasteiger partial charge in [0, 0.05) is 19.0 Å².